The number of nitrogens with zero attached hydrogens (tertiary/aromatic N) is 1. The molecule has 1 aliphatic heterocycles. The molecule has 25 heavy (non-hydrogen) atoms. The Bertz CT molecular complexity index is 652. The first-order valence-corrected chi connectivity index (χ1v) is 9.45. The Kier molecular flexibility index (Phi) is 4.40. The van der Waals surface area contributed by atoms with Crippen molar-refractivity contribution in [2.45, 2.75) is 69.6 Å². The first kappa shape index (κ1) is 16.4. The summed E-state index contributed by atoms with van der Waals surface area (Å²) >= 11 is 0. The van der Waals surface area contributed by atoms with Crippen LogP contribution in [0.5, 0.6) is 5.75 Å². The Morgan fingerprint density at radius 1 is 1.00 bits per heavy atom. The van der Waals surface area contributed by atoms with Crippen molar-refractivity contribution in [3.63, 3.8) is 0 Å². The minimum absolute atomic E-state index is 0.0771. The number of rotatable bonds is 4. The first-order chi connectivity index (χ1) is 12.1. The lowest BCUT2D eigenvalue weighted by molar-refractivity contribution is -0.141. The van der Waals surface area contributed by atoms with Crippen LogP contribution in [-0.4, -0.2) is 40.1 Å². The van der Waals surface area contributed by atoms with E-state index >= 15 is 0 Å². The van der Waals surface area contributed by atoms with Crippen molar-refractivity contribution >= 4 is 11.9 Å². The second kappa shape index (κ2) is 6.70. The van der Waals surface area contributed by atoms with Crippen LogP contribution in [-0.2, 0) is 4.79 Å². The van der Waals surface area contributed by atoms with Crippen molar-refractivity contribution in [3.05, 3.63) is 29.8 Å². The van der Waals surface area contributed by atoms with Gasteiger partial charge in [-0.15, -0.1) is 0 Å². The normalized spacial score (nSPS) is 29.0. The molecule has 3 fully saturated rings. The largest absolute Gasteiger partial charge is 0.490 e. The van der Waals surface area contributed by atoms with Crippen molar-refractivity contribution in [1.82, 2.24) is 4.90 Å². The molecular weight excluding hydrogens is 318 g/mol. The number of benzene rings is 1. The van der Waals surface area contributed by atoms with Crippen molar-refractivity contribution in [3.8, 4) is 5.75 Å². The average molecular weight is 343 g/mol. The molecule has 134 valence electrons. The number of likely N-dealkylation sites (tertiary alicyclic amines) is 1. The third kappa shape index (κ3) is 3.12. The fourth-order valence-electron chi connectivity index (χ4n) is 4.48. The Morgan fingerprint density at radius 3 is 2.36 bits per heavy atom. The highest BCUT2D eigenvalue weighted by Crippen LogP contribution is 2.40. The van der Waals surface area contributed by atoms with E-state index in [1.807, 2.05) is 12.1 Å². The number of amides is 1. The lowest BCUT2D eigenvalue weighted by atomic mass is 9.84. The molecule has 1 amide bonds. The van der Waals surface area contributed by atoms with E-state index in [9.17, 15) is 14.7 Å². The summed E-state index contributed by atoms with van der Waals surface area (Å²) in [5.74, 6) is 0.0812. The van der Waals surface area contributed by atoms with Crippen LogP contribution in [0, 0.1) is 5.92 Å². The lowest BCUT2D eigenvalue weighted by Crippen LogP contribution is -2.46. The minimum Gasteiger partial charge on any atom is -0.490 e. The number of hydrogen-bond donors (Lipinski definition) is 1. The zero-order chi connectivity index (χ0) is 17.4. The van der Waals surface area contributed by atoms with Crippen LogP contribution in [0.2, 0.25) is 0 Å². The van der Waals surface area contributed by atoms with E-state index in [1.54, 1.807) is 17.0 Å². The van der Waals surface area contributed by atoms with E-state index in [0.29, 0.717) is 24.0 Å². The van der Waals surface area contributed by atoms with Crippen LogP contribution < -0.4 is 4.74 Å². The number of carbonyl (C=O) groups excluding carboxylic acids is 1. The number of carboxylic acids is 1. The van der Waals surface area contributed by atoms with E-state index < -0.39 is 12.0 Å². The van der Waals surface area contributed by atoms with Crippen LogP contribution in [0.25, 0.3) is 0 Å². The maximum atomic E-state index is 13.0. The van der Waals surface area contributed by atoms with Gasteiger partial charge in [0.1, 0.15) is 11.8 Å². The van der Waals surface area contributed by atoms with Crippen molar-refractivity contribution in [2.75, 3.05) is 0 Å². The predicted molar refractivity (Wildman–Crippen MR) is 92.7 cm³/mol. The molecule has 5 nitrogen and oxygen atoms in total. The molecule has 5 heteroatoms. The SMILES string of the molecule is O=C(O)C1CC2CCCCC2N1C(=O)c1ccc(OC2CCC2)cc1. The van der Waals surface area contributed by atoms with Gasteiger partial charge in [-0.3, -0.25) is 4.79 Å². The van der Waals surface area contributed by atoms with Crippen LogP contribution >= 0.6 is 0 Å². The van der Waals surface area contributed by atoms with Crippen LogP contribution in [0.1, 0.15) is 61.7 Å². The molecular formula is C20H25NO4. The van der Waals surface area contributed by atoms with Gasteiger partial charge in [0.15, 0.2) is 0 Å². The number of ether oxygens (including phenoxy) is 1. The number of carboxylic acid groups (broad SMARTS) is 1. The standard InChI is InChI=1S/C20H25NO4/c22-19(13-8-10-16(11-9-13)25-15-5-3-6-15)21-17-7-2-1-4-14(17)12-18(21)20(23)24/h8-11,14-15,17-18H,1-7,12H2,(H,23,24). The van der Waals surface area contributed by atoms with Crippen molar-refractivity contribution < 1.29 is 19.4 Å². The monoisotopic (exact) mass is 343 g/mol. The van der Waals surface area contributed by atoms with Gasteiger partial charge in [-0.25, -0.2) is 4.79 Å². The molecule has 3 aliphatic rings. The van der Waals surface area contributed by atoms with Gasteiger partial charge < -0.3 is 14.7 Å². The highest BCUT2D eigenvalue weighted by atomic mass is 16.5. The summed E-state index contributed by atoms with van der Waals surface area (Å²) in [6.45, 7) is 0. The predicted octanol–water partition coefficient (Wildman–Crippen LogP) is 3.48. The molecule has 0 aromatic heterocycles. The first-order valence-electron chi connectivity index (χ1n) is 9.45. The lowest BCUT2D eigenvalue weighted by Gasteiger charge is -2.33. The Hall–Kier alpha value is -2.04. The van der Waals surface area contributed by atoms with Gasteiger partial charge in [-0.05, 0) is 68.7 Å². The van der Waals surface area contributed by atoms with Crippen LogP contribution in [0.15, 0.2) is 24.3 Å². The molecule has 2 saturated carbocycles. The topological polar surface area (TPSA) is 66.8 Å². The second-order valence-corrected chi connectivity index (χ2v) is 7.61. The molecule has 4 rings (SSSR count). The Morgan fingerprint density at radius 2 is 1.72 bits per heavy atom. The highest BCUT2D eigenvalue weighted by Gasteiger charge is 2.47. The number of carbonyl (C=O) groups is 2. The number of aliphatic carboxylic acids is 1. The van der Waals surface area contributed by atoms with Gasteiger partial charge in [-0.2, -0.15) is 0 Å². The van der Waals surface area contributed by atoms with E-state index in [1.165, 1.54) is 6.42 Å². The quantitative estimate of drug-likeness (QED) is 0.909. The molecule has 1 aromatic carbocycles. The summed E-state index contributed by atoms with van der Waals surface area (Å²) in [6, 6.07) is 6.59. The average Bonchev–Trinajstić information content (AvgIpc) is 2.98. The molecule has 1 aromatic rings. The summed E-state index contributed by atoms with van der Waals surface area (Å²) in [4.78, 5) is 26.4. The van der Waals surface area contributed by atoms with Gasteiger partial charge in [0.25, 0.3) is 5.91 Å². The van der Waals surface area contributed by atoms with E-state index in [-0.39, 0.29) is 11.9 Å². The summed E-state index contributed by atoms with van der Waals surface area (Å²) in [5, 5.41) is 9.59. The smallest absolute Gasteiger partial charge is 0.326 e. The van der Waals surface area contributed by atoms with Gasteiger partial charge in [-0.1, -0.05) is 12.8 Å². The number of fused-ring (bicyclic) bond motifs is 1. The van der Waals surface area contributed by atoms with Gasteiger partial charge >= 0.3 is 5.97 Å². The highest BCUT2D eigenvalue weighted by molar-refractivity contribution is 5.97. The number of hydrogen-bond acceptors (Lipinski definition) is 3. The molecule has 2 aliphatic carbocycles. The molecule has 3 unspecified atom stereocenters. The van der Waals surface area contributed by atoms with Crippen LogP contribution in [0.3, 0.4) is 0 Å². The molecule has 3 atom stereocenters. The van der Waals surface area contributed by atoms with Gasteiger partial charge in [0.05, 0.1) is 6.10 Å². The van der Waals surface area contributed by atoms with Crippen LogP contribution in [0.4, 0.5) is 0 Å². The zero-order valence-corrected chi connectivity index (χ0v) is 14.4. The zero-order valence-electron chi connectivity index (χ0n) is 14.4. The fraction of sp³-hybridized carbons (Fsp3) is 0.600. The third-order valence-electron chi connectivity index (χ3n) is 6.06. The summed E-state index contributed by atoms with van der Waals surface area (Å²) in [7, 11) is 0. The van der Waals surface area contributed by atoms with Gasteiger partial charge in [0, 0.05) is 11.6 Å². The molecule has 0 radical (unpaired) electrons. The Labute approximate surface area is 148 Å². The minimum atomic E-state index is -0.882. The molecule has 1 saturated heterocycles. The molecule has 1 heterocycles. The van der Waals surface area contributed by atoms with Gasteiger partial charge in [0.2, 0.25) is 0 Å². The maximum Gasteiger partial charge on any atom is 0.326 e. The summed E-state index contributed by atoms with van der Waals surface area (Å²) in [5.41, 5.74) is 0.554. The third-order valence-corrected chi connectivity index (χ3v) is 6.06. The summed E-state index contributed by atoms with van der Waals surface area (Å²) in [6.07, 6.45) is 8.47. The molecule has 0 spiro atoms. The Balaban J connectivity index is 1.52. The van der Waals surface area contributed by atoms with E-state index in [2.05, 4.69) is 0 Å². The maximum absolute atomic E-state index is 13.0. The second-order valence-electron chi connectivity index (χ2n) is 7.61. The van der Waals surface area contributed by atoms with Crippen molar-refractivity contribution in [2.24, 2.45) is 5.92 Å². The van der Waals surface area contributed by atoms with Crippen molar-refractivity contribution in [1.29, 1.82) is 0 Å². The molecule has 0 bridgehead atoms. The fourth-order valence-corrected chi connectivity index (χ4v) is 4.48. The molecule has 1 N–H and O–H groups in total. The summed E-state index contributed by atoms with van der Waals surface area (Å²) < 4.78 is 5.84. The van der Waals surface area contributed by atoms with E-state index in [4.69, 9.17) is 4.74 Å². The van der Waals surface area contributed by atoms with E-state index in [0.717, 1.165) is 44.3 Å².